The Labute approximate surface area is 153 Å². The number of rotatable bonds is 4. The maximum Gasteiger partial charge on any atom is 0.253 e. The third kappa shape index (κ3) is 4.02. The van der Waals surface area contributed by atoms with Crippen LogP contribution in [0.1, 0.15) is 36.3 Å². The Morgan fingerprint density at radius 3 is 2.42 bits per heavy atom. The summed E-state index contributed by atoms with van der Waals surface area (Å²) in [5.41, 5.74) is 2.02. The zero-order valence-corrected chi connectivity index (χ0v) is 15.0. The quantitative estimate of drug-likeness (QED) is 0.844. The second kappa shape index (κ2) is 7.68. The molecule has 0 unspecified atom stereocenters. The van der Waals surface area contributed by atoms with Gasteiger partial charge in [-0.05, 0) is 50.0 Å². The van der Waals surface area contributed by atoms with E-state index in [1.54, 1.807) is 6.07 Å². The predicted octanol–water partition coefficient (Wildman–Crippen LogP) is 2.38. The summed E-state index contributed by atoms with van der Waals surface area (Å²) >= 11 is 0. The fourth-order valence-corrected chi connectivity index (χ4v) is 3.93. The molecule has 26 heavy (non-hydrogen) atoms. The largest absolute Gasteiger partial charge is 0.298 e. The summed E-state index contributed by atoms with van der Waals surface area (Å²) in [6.07, 6.45) is 3.38. The average molecular weight is 356 g/mol. The standard InChI is InChI=1S/C20H25FN4O/c21-17-6-4-16(5-7-17)13-24-10-3-11-25-19(15-24)22-18(12-20(25)26)14-23-8-1-2-9-23/h4-7,12H,1-3,8-11,13-15H2. The van der Waals surface area contributed by atoms with E-state index in [1.165, 1.54) is 25.0 Å². The van der Waals surface area contributed by atoms with E-state index in [0.717, 1.165) is 56.2 Å². The number of hydrogen-bond acceptors (Lipinski definition) is 4. The summed E-state index contributed by atoms with van der Waals surface area (Å²) in [6.45, 7) is 5.97. The van der Waals surface area contributed by atoms with Gasteiger partial charge in [0.15, 0.2) is 0 Å². The van der Waals surface area contributed by atoms with Crippen LogP contribution in [-0.4, -0.2) is 39.0 Å². The highest BCUT2D eigenvalue weighted by Gasteiger charge is 2.19. The van der Waals surface area contributed by atoms with Gasteiger partial charge in [-0.1, -0.05) is 12.1 Å². The second-order valence-electron chi connectivity index (χ2n) is 7.33. The van der Waals surface area contributed by atoms with Crippen LogP contribution in [0.5, 0.6) is 0 Å². The van der Waals surface area contributed by atoms with E-state index in [9.17, 15) is 9.18 Å². The minimum Gasteiger partial charge on any atom is -0.298 e. The van der Waals surface area contributed by atoms with Gasteiger partial charge in [-0.3, -0.25) is 19.2 Å². The van der Waals surface area contributed by atoms with Gasteiger partial charge in [-0.25, -0.2) is 9.37 Å². The first-order chi connectivity index (χ1) is 12.7. The number of aromatic nitrogens is 2. The van der Waals surface area contributed by atoms with E-state index in [2.05, 4.69) is 9.80 Å². The molecule has 0 atom stereocenters. The first kappa shape index (κ1) is 17.4. The van der Waals surface area contributed by atoms with Crippen molar-refractivity contribution in [1.29, 1.82) is 0 Å². The molecule has 1 saturated heterocycles. The molecule has 1 aromatic heterocycles. The van der Waals surface area contributed by atoms with E-state index in [1.807, 2.05) is 16.7 Å². The third-order valence-electron chi connectivity index (χ3n) is 5.27. The molecule has 1 fully saturated rings. The van der Waals surface area contributed by atoms with Crippen molar-refractivity contribution in [2.45, 2.75) is 45.4 Å². The van der Waals surface area contributed by atoms with Crippen molar-refractivity contribution in [3.63, 3.8) is 0 Å². The van der Waals surface area contributed by atoms with Crippen LogP contribution in [0, 0.1) is 5.82 Å². The summed E-state index contributed by atoms with van der Waals surface area (Å²) < 4.78 is 14.9. The lowest BCUT2D eigenvalue weighted by molar-refractivity contribution is 0.257. The van der Waals surface area contributed by atoms with E-state index >= 15 is 0 Å². The molecule has 1 aromatic carbocycles. The van der Waals surface area contributed by atoms with Crippen molar-refractivity contribution >= 4 is 0 Å². The summed E-state index contributed by atoms with van der Waals surface area (Å²) in [5.74, 6) is 0.640. The van der Waals surface area contributed by atoms with Crippen LogP contribution in [0.15, 0.2) is 35.1 Å². The molecule has 0 radical (unpaired) electrons. The molecule has 0 saturated carbocycles. The molecule has 5 nitrogen and oxygen atoms in total. The van der Waals surface area contributed by atoms with E-state index in [-0.39, 0.29) is 11.4 Å². The topological polar surface area (TPSA) is 41.4 Å². The van der Waals surface area contributed by atoms with Gasteiger partial charge < -0.3 is 0 Å². The smallest absolute Gasteiger partial charge is 0.253 e. The van der Waals surface area contributed by atoms with E-state index < -0.39 is 0 Å². The molecule has 0 N–H and O–H groups in total. The van der Waals surface area contributed by atoms with Gasteiger partial charge in [0.25, 0.3) is 5.56 Å². The number of benzene rings is 1. The molecule has 2 aromatic rings. The molecule has 0 aliphatic carbocycles. The van der Waals surface area contributed by atoms with Crippen molar-refractivity contribution in [3.05, 3.63) is 63.6 Å². The molecular weight excluding hydrogens is 331 g/mol. The van der Waals surface area contributed by atoms with Crippen LogP contribution >= 0.6 is 0 Å². The molecule has 6 heteroatoms. The highest BCUT2D eigenvalue weighted by molar-refractivity contribution is 5.16. The van der Waals surface area contributed by atoms with Gasteiger partial charge in [0.1, 0.15) is 11.6 Å². The van der Waals surface area contributed by atoms with Gasteiger partial charge in [0.2, 0.25) is 0 Å². The molecule has 3 heterocycles. The Bertz CT molecular complexity index is 812. The third-order valence-corrected chi connectivity index (χ3v) is 5.27. The van der Waals surface area contributed by atoms with Crippen molar-refractivity contribution < 1.29 is 4.39 Å². The van der Waals surface area contributed by atoms with Gasteiger partial charge in [0.05, 0.1) is 12.2 Å². The summed E-state index contributed by atoms with van der Waals surface area (Å²) in [7, 11) is 0. The number of hydrogen-bond donors (Lipinski definition) is 0. The number of likely N-dealkylation sites (tertiary alicyclic amines) is 1. The van der Waals surface area contributed by atoms with Crippen LogP contribution < -0.4 is 5.56 Å². The zero-order valence-electron chi connectivity index (χ0n) is 15.0. The van der Waals surface area contributed by atoms with Crippen molar-refractivity contribution in [2.75, 3.05) is 19.6 Å². The minimum absolute atomic E-state index is 0.0628. The van der Waals surface area contributed by atoms with Crippen LogP contribution in [0.2, 0.25) is 0 Å². The molecule has 0 amide bonds. The van der Waals surface area contributed by atoms with Gasteiger partial charge in [-0.2, -0.15) is 0 Å². The number of fused-ring (bicyclic) bond motifs is 1. The summed E-state index contributed by atoms with van der Waals surface area (Å²) in [5, 5.41) is 0. The van der Waals surface area contributed by atoms with Crippen LogP contribution in [0.3, 0.4) is 0 Å². The molecule has 138 valence electrons. The molecule has 2 aliphatic heterocycles. The highest BCUT2D eigenvalue weighted by Crippen LogP contribution is 2.15. The predicted molar refractivity (Wildman–Crippen MR) is 98.1 cm³/mol. The fourth-order valence-electron chi connectivity index (χ4n) is 3.93. The van der Waals surface area contributed by atoms with Crippen molar-refractivity contribution in [1.82, 2.24) is 19.4 Å². The van der Waals surface area contributed by atoms with Gasteiger partial charge in [0, 0.05) is 32.2 Å². The monoisotopic (exact) mass is 356 g/mol. The zero-order chi connectivity index (χ0) is 17.9. The van der Waals surface area contributed by atoms with Crippen molar-refractivity contribution in [2.24, 2.45) is 0 Å². The molecular formula is C20H25FN4O. The maximum atomic E-state index is 13.1. The summed E-state index contributed by atoms with van der Waals surface area (Å²) in [6, 6.07) is 8.35. The van der Waals surface area contributed by atoms with Crippen molar-refractivity contribution in [3.8, 4) is 0 Å². The van der Waals surface area contributed by atoms with Crippen LogP contribution in [0.4, 0.5) is 4.39 Å². The first-order valence-electron chi connectivity index (χ1n) is 9.46. The Hall–Kier alpha value is -2.05. The molecule has 0 spiro atoms. The van der Waals surface area contributed by atoms with Gasteiger partial charge >= 0.3 is 0 Å². The Balaban J connectivity index is 1.53. The van der Waals surface area contributed by atoms with E-state index in [0.29, 0.717) is 13.1 Å². The van der Waals surface area contributed by atoms with Crippen LogP contribution in [-0.2, 0) is 26.2 Å². The maximum absolute atomic E-state index is 13.1. The number of nitrogens with zero attached hydrogens (tertiary/aromatic N) is 4. The average Bonchev–Trinajstić information content (AvgIpc) is 3.03. The fraction of sp³-hybridized carbons (Fsp3) is 0.500. The lowest BCUT2D eigenvalue weighted by atomic mass is 10.2. The Kier molecular flexibility index (Phi) is 5.13. The molecule has 4 rings (SSSR count). The SMILES string of the molecule is O=c1cc(CN2CCCC2)nc2n1CCCN(Cc1ccc(F)cc1)C2. The minimum atomic E-state index is -0.213. The normalized spacial score (nSPS) is 18.7. The lowest BCUT2D eigenvalue weighted by Gasteiger charge is -2.20. The Morgan fingerprint density at radius 1 is 0.923 bits per heavy atom. The Morgan fingerprint density at radius 2 is 1.65 bits per heavy atom. The van der Waals surface area contributed by atoms with E-state index in [4.69, 9.17) is 4.98 Å². The lowest BCUT2D eigenvalue weighted by Crippen LogP contribution is -2.29. The van der Waals surface area contributed by atoms with Crippen LogP contribution in [0.25, 0.3) is 0 Å². The molecule has 2 aliphatic rings. The summed E-state index contributed by atoms with van der Waals surface area (Å²) in [4.78, 5) is 22.0. The highest BCUT2D eigenvalue weighted by atomic mass is 19.1. The second-order valence-corrected chi connectivity index (χ2v) is 7.33. The van der Waals surface area contributed by atoms with Gasteiger partial charge in [-0.15, -0.1) is 0 Å². The first-order valence-corrected chi connectivity index (χ1v) is 9.46. The number of halogens is 1. The molecule has 0 bridgehead atoms.